The molecule has 0 saturated carbocycles. The van der Waals surface area contributed by atoms with E-state index < -0.39 is 21.1 Å². The van der Waals surface area contributed by atoms with Gasteiger partial charge in [0, 0.05) is 12.2 Å². The summed E-state index contributed by atoms with van der Waals surface area (Å²) in [5.74, 6) is 0. The van der Waals surface area contributed by atoms with Crippen molar-refractivity contribution in [2.24, 2.45) is 0 Å². The molecule has 5 nitrogen and oxygen atoms in total. The summed E-state index contributed by atoms with van der Waals surface area (Å²) < 4.78 is 33.8. The third-order valence-electron chi connectivity index (χ3n) is 1.71. The quantitative estimate of drug-likeness (QED) is 0.793. The van der Waals surface area contributed by atoms with E-state index in [0.29, 0.717) is 6.54 Å². The van der Waals surface area contributed by atoms with Crippen LogP contribution in [0.3, 0.4) is 0 Å². The van der Waals surface area contributed by atoms with Gasteiger partial charge in [-0.05, 0) is 25.1 Å². The average molecular weight is 246 g/mol. The number of halogens is 1. The molecule has 0 fully saturated rings. The Bertz CT molecular complexity index is 487. The molecule has 88 valence electrons. The number of urea groups is 1. The molecule has 0 radical (unpaired) electrons. The first-order chi connectivity index (χ1) is 7.43. The van der Waals surface area contributed by atoms with Gasteiger partial charge in [0.1, 0.15) is 4.90 Å². The minimum Gasteiger partial charge on any atom is -0.338 e. The van der Waals surface area contributed by atoms with Gasteiger partial charge in [0.25, 0.3) is 0 Å². The van der Waals surface area contributed by atoms with E-state index in [1.165, 1.54) is 12.1 Å². The summed E-state index contributed by atoms with van der Waals surface area (Å²) in [7, 11) is -4.75. The van der Waals surface area contributed by atoms with E-state index in [2.05, 4.69) is 10.6 Å². The van der Waals surface area contributed by atoms with Crippen LogP contribution in [0.4, 0.5) is 14.4 Å². The molecule has 1 aromatic rings. The number of hydrogen-bond acceptors (Lipinski definition) is 3. The van der Waals surface area contributed by atoms with Crippen molar-refractivity contribution in [1.82, 2.24) is 5.32 Å². The monoisotopic (exact) mass is 246 g/mol. The van der Waals surface area contributed by atoms with E-state index in [1.54, 1.807) is 6.92 Å². The SMILES string of the molecule is CCNC(=O)Nc1cccc(S(=O)(=O)F)c1. The van der Waals surface area contributed by atoms with Crippen LogP contribution in [-0.4, -0.2) is 21.0 Å². The topological polar surface area (TPSA) is 75.3 Å². The zero-order valence-corrected chi connectivity index (χ0v) is 9.34. The van der Waals surface area contributed by atoms with Crippen LogP contribution in [0.1, 0.15) is 6.92 Å². The van der Waals surface area contributed by atoms with E-state index in [0.717, 1.165) is 12.1 Å². The zero-order chi connectivity index (χ0) is 12.2. The van der Waals surface area contributed by atoms with Gasteiger partial charge in [-0.2, -0.15) is 8.42 Å². The highest BCUT2D eigenvalue weighted by Gasteiger charge is 2.12. The molecule has 0 atom stereocenters. The molecule has 0 unspecified atom stereocenters. The van der Waals surface area contributed by atoms with Crippen molar-refractivity contribution >= 4 is 21.9 Å². The maximum atomic E-state index is 12.6. The molecule has 1 rings (SSSR count). The summed E-state index contributed by atoms with van der Waals surface area (Å²) in [5, 5.41) is 4.83. The minimum atomic E-state index is -4.75. The lowest BCUT2D eigenvalue weighted by atomic mass is 10.3. The van der Waals surface area contributed by atoms with Gasteiger partial charge in [-0.25, -0.2) is 4.79 Å². The van der Waals surface area contributed by atoms with E-state index >= 15 is 0 Å². The van der Waals surface area contributed by atoms with Crippen molar-refractivity contribution in [2.45, 2.75) is 11.8 Å². The van der Waals surface area contributed by atoms with Crippen LogP contribution in [-0.2, 0) is 10.2 Å². The second-order valence-corrected chi connectivity index (χ2v) is 4.30. The Morgan fingerprint density at radius 1 is 1.44 bits per heavy atom. The molecule has 0 bridgehead atoms. The van der Waals surface area contributed by atoms with Crippen LogP contribution < -0.4 is 10.6 Å². The van der Waals surface area contributed by atoms with E-state index in [9.17, 15) is 17.1 Å². The normalized spacial score (nSPS) is 10.9. The molecule has 7 heteroatoms. The maximum Gasteiger partial charge on any atom is 0.332 e. The highest BCUT2D eigenvalue weighted by molar-refractivity contribution is 7.86. The Hall–Kier alpha value is -1.63. The molecule has 2 amide bonds. The predicted molar refractivity (Wildman–Crippen MR) is 57.4 cm³/mol. The van der Waals surface area contributed by atoms with Crippen molar-refractivity contribution in [3.8, 4) is 0 Å². The first kappa shape index (κ1) is 12.4. The molecule has 0 aliphatic carbocycles. The van der Waals surface area contributed by atoms with Crippen LogP contribution in [0.15, 0.2) is 29.2 Å². The Kier molecular flexibility index (Phi) is 3.83. The lowest BCUT2D eigenvalue weighted by molar-refractivity contribution is 0.252. The standard InChI is InChI=1S/C9H11FN2O3S/c1-2-11-9(13)12-7-4-3-5-8(6-7)16(10,14)15/h3-6H,2H2,1H3,(H2,11,12,13). The third-order valence-corrected chi connectivity index (χ3v) is 2.53. The highest BCUT2D eigenvalue weighted by atomic mass is 32.3. The van der Waals surface area contributed by atoms with Crippen LogP contribution in [0, 0.1) is 0 Å². The molecule has 0 aromatic heterocycles. The largest absolute Gasteiger partial charge is 0.338 e. The molecule has 0 heterocycles. The fourth-order valence-electron chi connectivity index (χ4n) is 1.06. The van der Waals surface area contributed by atoms with Gasteiger partial charge in [-0.1, -0.05) is 6.07 Å². The number of amides is 2. The van der Waals surface area contributed by atoms with Crippen LogP contribution in [0.2, 0.25) is 0 Å². The molecule has 0 spiro atoms. The molecule has 0 aliphatic rings. The molecule has 0 aliphatic heterocycles. The smallest absolute Gasteiger partial charge is 0.332 e. The lowest BCUT2D eigenvalue weighted by Gasteiger charge is -2.06. The summed E-state index contributed by atoms with van der Waals surface area (Å²) >= 11 is 0. The van der Waals surface area contributed by atoms with Crippen molar-refractivity contribution < 1.29 is 17.1 Å². The van der Waals surface area contributed by atoms with Crippen molar-refractivity contribution in [3.63, 3.8) is 0 Å². The zero-order valence-electron chi connectivity index (χ0n) is 8.53. The molecule has 1 aromatic carbocycles. The van der Waals surface area contributed by atoms with Crippen LogP contribution >= 0.6 is 0 Å². The fraction of sp³-hybridized carbons (Fsp3) is 0.222. The molecular weight excluding hydrogens is 235 g/mol. The minimum absolute atomic E-state index is 0.213. The summed E-state index contributed by atoms with van der Waals surface area (Å²) in [6.07, 6.45) is 0. The van der Waals surface area contributed by atoms with Crippen molar-refractivity contribution in [2.75, 3.05) is 11.9 Å². The second kappa shape index (κ2) is 4.93. The number of carbonyl (C=O) groups excluding carboxylic acids is 1. The number of hydrogen-bond donors (Lipinski definition) is 2. The highest BCUT2D eigenvalue weighted by Crippen LogP contribution is 2.17. The maximum absolute atomic E-state index is 12.6. The van der Waals surface area contributed by atoms with Gasteiger partial charge in [0.15, 0.2) is 0 Å². The van der Waals surface area contributed by atoms with Crippen molar-refractivity contribution in [3.05, 3.63) is 24.3 Å². The van der Waals surface area contributed by atoms with Crippen molar-refractivity contribution in [1.29, 1.82) is 0 Å². The fourth-order valence-corrected chi connectivity index (χ4v) is 1.57. The first-order valence-corrected chi connectivity index (χ1v) is 5.91. The van der Waals surface area contributed by atoms with E-state index in [-0.39, 0.29) is 5.69 Å². The van der Waals surface area contributed by atoms with E-state index in [4.69, 9.17) is 0 Å². The van der Waals surface area contributed by atoms with E-state index in [1.807, 2.05) is 0 Å². The van der Waals surface area contributed by atoms with Gasteiger partial charge < -0.3 is 10.6 Å². The summed E-state index contributed by atoms with van der Waals surface area (Å²) in [6, 6.07) is 4.48. The summed E-state index contributed by atoms with van der Waals surface area (Å²) in [4.78, 5) is 10.6. The van der Waals surface area contributed by atoms with Gasteiger partial charge in [0.05, 0.1) is 0 Å². The van der Waals surface area contributed by atoms with Gasteiger partial charge in [-0.15, -0.1) is 3.89 Å². The predicted octanol–water partition coefficient (Wildman–Crippen LogP) is 1.49. The van der Waals surface area contributed by atoms with Crippen LogP contribution in [0.25, 0.3) is 0 Å². The summed E-state index contributed by atoms with van der Waals surface area (Å²) in [5.41, 5.74) is 0.213. The number of rotatable bonds is 3. The molecule has 0 saturated heterocycles. The number of anilines is 1. The third kappa shape index (κ3) is 3.50. The number of nitrogens with one attached hydrogen (secondary N) is 2. The number of benzene rings is 1. The van der Waals surface area contributed by atoms with Gasteiger partial charge in [0.2, 0.25) is 0 Å². The first-order valence-electron chi connectivity index (χ1n) is 4.53. The Morgan fingerprint density at radius 2 is 2.12 bits per heavy atom. The van der Waals surface area contributed by atoms with Gasteiger partial charge in [-0.3, -0.25) is 0 Å². The second-order valence-electron chi connectivity index (χ2n) is 2.95. The Labute approximate surface area is 92.9 Å². The van der Waals surface area contributed by atoms with Gasteiger partial charge >= 0.3 is 16.3 Å². The Balaban J connectivity index is 2.88. The van der Waals surface area contributed by atoms with Crippen LogP contribution in [0.5, 0.6) is 0 Å². The average Bonchev–Trinajstić information content (AvgIpc) is 2.17. The molecule has 16 heavy (non-hydrogen) atoms. The lowest BCUT2D eigenvalue weighted by Crippen LogP contribution is -2.28. The molecular formula is C9H11FN2O3S. The Morgan fingerprint density at radius 3 is 2.69 bits per heavy atom. The summed E-state index contributed by atoms with van der Waals surface area (Å²) in [6.45, 7) is 2.18. The number of carbonyl (C=O) groups is 1. The molecule has 2 N–H and O–H groups in total.